The quantitative estimate of drug-likeness (QED) is 0.789. The van der Waals surface area contributed by atoms with Gasteiger partial charge in [-0.05, 0) is 42.7 Å². The lowest BCUT2D eigenvalue weighted by atomic mass is 10.1. The first-order valence-corrected chi connectivity index (χ1v) is 9.99. The fourth-order valence-electron chi connectivity index (χ4n) is 3.50. The predicted molar refractivity (Wildman–Crippen MR) is 114 cm³/mol. The second-order valence-corrected chi connectivity index (χ2v) is 7.63. The van der Waals surface area contributed by atoms with E-state index in [0.29, 0.717) is 17.8 Å². The van der Waals surface area contributed by atoms with Crippen molar-refractivity contribution in [3.8, 4) is 0 Å². The number of aryl methyl sites for hydroxylation is 1. The van der Waals surface area contributed by atoms with E-state index in [2.05, 4.69) is 34.6 Å². The molecule has 0 aromatic heterocycles. The van der Waals surface area contributed by atoms with Crippen LogP contribution < -0.4 is 10.6 Å². The second kappa shape index (κ2) is 9.67. The summed E-state index contributed by atoms with van der Waals surface area (Å²) < 4.78 is 5.60. The van der Waals surface area contributed by atoms with E-state index in [1.54, 1.807) is 12.1 Å². The van der Waals surface area contributed by atoms with Crippen LogP contribution in [0.1, 0.15) is 40.9 Å². The number of hydrogen-bond donors (Lipinski definition) is 2. The highest BCUT2D eigenvalue weighted by Crippen LogP contribution is 2.17. The molecule has 1 saturated heterocycles. The Bertz CT molecular complexity index is 881. The molecule has 0 bridgehead atoms. The van der Waals surface area contributed by atoms with Crippen LogP contribution in [-0.4, -0.2) is 42.5 Å². The van der Waals surface area contributed by atoms with Crippen molar-refractivity contribution in [3.05, 3.63) is 64.7 Å². The fourth-order valence-corrected chi connectivity index (χ4v) is 3.50. The lowest BCUT2D eigenvalue weighted by Crippen LogP contribution is -2.40. The summed E-state index contributed by atoms with van der Waals surface area (Å²) in [5, 5.41) is 5.73. The number of benzene rings is 2. The minimum absolute atomic E-state index is 0.155. The van der Waals surface area contributed by atoms with Crippen molar-refractivity contribution in [1.29, 1.82) is 0 Å². The monoisotopic (exact) mass is 395 g/mol. The summed E-state index contributed by atoms with van der Waals surface area (Å²) in [4.78, 5) is 26.3. The molecule has 29 heavy (non-hydrogen) atoms. The molecule has 0 radical (unpaired) electrons. The van der Waals surface area contributed by atoms with Crippen LogP contribution in [0.3, 0.4) is 0 Å². The number of anilines is 1. The third kappa shape index (κ3) is 6.14. The molecule has 1 aliphatic heterocycles. The number of carbonyl (C=O) groups excluding carboxylic acids is 2. The Hall–Kier alpha value is -2.70. The minimum Gasteiger partial charge on any atom is -0.376 e. The van der Waals surface area contributed by atoms with E-state index in [1.807, 2.05) is 25.1 Å². The van der Waals surface area contributed by atoms with Gasteiger partial charge in [0.15, 0.2) is 0 Å². The van der Waals surface area contributed by atoms with Gasteiger partial charge in [0.2, 0.25) is 5.91 Å². The van der Waals surface area contributed by atoms with E-state index >= 15 is 0 Å². The standard InChI is InChI=1S/C23H29N3O3/c1-16-7-8-21(12-22(16)25-18(3)27)23(28)24-13-19-5-4-6-20(11-19)15-26-9-10-29-17(2)14-26/h4-8,11-12,17H,9-10,13-15H2,1-3H3,(H,24,28)(H,25,27)/t17-/m0/s1. The zero-order chi connectivity index (χ0) is 20.8. The summed E-state index contributed by atoms with van der Waals surface area (Å²) in [6.07, 6.45) is 0.267. The summed E-state index contributed by atoms with van der Waals surface area (Å²) in [6.45, 7) is 9.43. The van der Waals surface area contributed by atoms with Gasteiger partial charge < -0.3 is 15.4 Å². The van der Waals surface area contributed by atoms with Gasteiger partial charge >= 0.3 is 0 Å². The van der Waals surface area contributed by atoms with Crippen LogP contribution in [0.5, 0.6) is 0 Å². The van der Waals surface area contributed by atoms with E-state index in [9.17, 15) is 9.59 Å². The Balaban J connectivity index is 1.59. The number of carbonyl (C=O) groups is 2. The van der Waals surface area contributed by atoms with Crippen molar-refractivity contribution >= 4 is 17.5 Å². The van der Waals surface area contributed by atoms with Gasteiger partial charge in [-0.3, -0.25) is 14.5 Å². The first-order chi connectivity index (χ1) is 13.9. The summed E-state index contributed by atoms with van der Waals surface area (Å²) in [5.74, 6) is -0.318. The summed E-state index contributed by atoms with van der Waals surface area (Å²) in [7, 11) is 0. The van der Waals surface area contributed by atoms with Gasteiger partial charge in [-0.25, -0.2) is 0 Å². The molecule has 0 saturated carbocycles. The van der Waals surface area contributed by atoms with Crippen LogP contribution in [0.15, 0.2) is 42.5 Å². The van der Waals surface area contributed by atoms with Gasteiger partial charge in [-0.2, -0.15) is 0 Å². The molecule has 1 aliphatic rings. The van der Waals surface area contributed by atoms with Gasteiger partial charge in [0.25, 0.3) is 5.91 Å². The van der Waals surface area contributed by atoms with Gasteiger partial charge in [0.1, 0.15) is 0 Å². The first kappa shape index (κ1) is 21.0. The number of rotatable bonds is 6. The molecule has 6 heteroatoms. The molecule has 1 fully saturated rings. The molecule has 2 amide bonds. The molecule has 2 aromatic carbocycles. The predicted octanol–water partition coefficient (Wildman–Crippen LogP) is 3.10. The van der Waals surface area contributed by atoms with Crippen molar-refractivity contribution < 1.29 is 14.3 Å². The Kier molecular flexibility index (Phi) is 7.01. The SMILES string of the molecule is CC(=O)Nc1cc(C(=O)NCc2cccc(CN3CCO[C@@H](C)C3)c2)ccc1C. The van der Waals surface area contributed by atoms with Crippen LogP contribution >= 0.6 is 0 Å². The molecule has 2 N–H and O–H groups in total. The molecule has 1 heterocycles. The van der Waals surface area contributed by atoms with Crippen molar-refractivity contribution in [2.45, 2.75) is 40.0 Å². The van der Waals surface area contributed by atoms with Gasteiger partial charge in [-0.1, -0.05) is 30.3 Å². The average molecular weight is 396 g/mol. The maximum Gasteiger partial charge on any atom is 0.251 e. The number of hydrogen-bond acceptors (Lipinski definition) is 4. The van der Waals surface area contributed by atoms with Crippen molar-refractivity contribution in [3.63, 3.8) is 0 Å². The lowest BCUT2D eigenvalue weighted by Gasteiger charge is -2.31. The smallest absolute Gasteiger partial charge is 0.251 e. The molecule has 0 spiro atoms. The normalized spacial score (nSPS) is 17.0. The Labute approximate surface area is 172 Å². The lowest BCUT2D eigenvalue weighted by molar-refractivity contribution is -0.114. The third-order valence-corrected chi connectivity index (χ3v) is 4.99. The van der Waals surface area contributed by atoms with Gasteiger partial charge in [0.05, 0.1) is 12.7 Å². The highest BCUT2D eigenvalue weighted by molar-refractivity contribution is 5.97. The maximum atomic E-state index is 12.6. The van der Waals surface area contributed by atoms with Crippen LogP contribution in [0.25, 0.3) is 0 Å². The molecule has 2 aromatic rings. The molecule has 154 valence electrons. The Morgan fingerprint density at radius 2 is 1.97 bits per heavy atom. The molecule has 1 atom stereocenters. The zero-order valence-electron chi connectivity index (χ0n) is 17.3. The van der Waals surface area contributed by atoms with Crippen molar-refractivity contribution in [2.24, 2.45) is 0 Å². The molecular weight excluding hydrogens is 366 g/mol. The number of morpholine rings is 1. The Morgan fingerprint density at radius 1 is 1.17 bits per heavy atom. The van der Waals surface area contributed by atoms with Crippen molar-refractivity contribution in [2.75, 3.05) is 25.0 Å². The number of amides is 2. The number of nitrogens with one attached hydrogen (secondary N) is 2. The molecular formula is C23H29N3O3. The van der Waals surface area contributed by atoms with Crippen LogP contribution in [0.2, 0.25) is 0 Å². The maximum absolute atomic E-state index is 12.6. The van der Waals surface area contributed by atoms with Crippen LogP contribution in [0.4, 0.5) is 5.69 Å². The van der Waals surface area contributed by atoms with E-state index in [-0.39, 0.29) is 17.9 Å². The van der Waals surface area contributed by atoms with E-state index in [4.69, 9.17) is 4.74 Å². The van der Waals surface area contributed by atoms with E-state index < -0.39 is 0 Å². The first-order valence-electron chi connectivity index (χ1n) is 9.99. The molecule has 6 nitrogen and oxygen atoms in total. The van der Waals surface area contributed by atoms with E-state index in [1.165, 1.54) is 12.5 Å². The summed E-state index contributed by atoms with van der Waals surface area (Å²) in [6, 6.07) is 13.6. The highest BCUT2D eigenvalue weighted by atomic mass is 16.5. The highest BCUT2D eigenvalue weighted by Gasteiger charge is 2.16. The number of nitrogens with zero attached hydrogens (tertiary/aromatic N) is 1. The van der Waals surface area contributed by atoms with Gasteiger partial charge in [-0.15, -0.1) is 0 Å². The Morgan fingerprint density at radius 3 is 2.72 bits per heavy atom. The van der Waals surface area contributed by atoms with Gasteiger partial charge in [0, 0.05) is 44.4 Å². The van der Waals surface area contributed by atoms with Crippen molar-refractivity contribution in [1.82, 2.24) is 10.2 Å². The average Bonchev–Trinajstić information content (AvgIpc) is 2.68. The fraction of sp³-hybridized carbons (Fsp3) is 0.391. The molecule has 0 aliphatic carbocycles. The molecule has 0 unspecified atom stereocenters. The van der Waals surface area contributed by atoms with Crippen LogP contribution in [0, 0.1) is 6.92 Å². The minimum atomic E-state index is -0.163. The zero-order valence-corrected chi connectivity index (χ0v) is 17.3. The topological polar surface area (TPSA) is 70.7 Å². The van der Waals surface area contributed by atoms with Crippen LogP contribution in [-0.2, 0) is 22.6 Å². The number of ether oxygens (including phenoxy) is 1. The second-order valence-electron chi connectivity index (χ2n) is 7.63. The largest absolute Gasteiger partial charge is 0.376 e. The third-order valence-electron chi connectivity index (χ3n) is 4.99. The molecule has 3 rings (SSSR count). The summed E-state index contributed by atoms with van der Waals surface area (Å²) in [5.41, 5.74) is 4.40. The van der Waals surface area contributed by atoms with E-state index in [0.717, 1.165) is 37.4 Å². The summed E-state index contributed by atoms with van der Waals surface area (Å²) >= 11 is 0.